The van der Waals surface area contributed by atoms with Gasteiger partial charge in [-0.1, -0.05) is 37.3 Å². The van der Waals surface area contributed by atoms with Crippen LogP contribution in [0.3, 0.4) is 0 Å². The van der Waals surface area contributed by atoms with Crippen molar-refractivity contribution in [2.75, 3.05) is 13.2 Å². The van der Waals surface area contributed by atoms with Crippen LogP contribution in [0.1, 0.15) is 18.4 Å². The monoisotopic (exact) mass is 276 g/mol. The van der Waals surface area contributed by atoms with Crippen LogP contribution in [-0.4, -0.2) is 23.2 Å². The van der Waals surface area contributed by atoms with Gasteiger partial charge in [0.15, 0.2) is 0 Å². The second kappa shape index (κ2) is 7.38. The summed E-state index contributed by atoms with van der Waals surface area (Å²) in [5.74, 6) is 0.499. The number of nitrogens with one attached hydrogen (secondary N) is 1. The molecule has 2 N–H and O–H groups in total. The number of aliphatic hydroxyl groups excluding tert-OH is 1. The Bertz CT molecular complexity index is 484. The highest BCUT2D eigenvalue weighted by Gasteiger charge is 2.05. The number of hydrogen-bond acceptors (Lipinski definition) is 4. The van der Waals surface area contributed by atoms with Crippen molar-refractivity contribution in [2.45, 2.75) is 19.9 Å². The summed E-state index contributed by atoms with van der Waals surface area (Å²) >= 11 is 1.73. The third-order valence-electron chi connectivity index (χ3n) is 3.00. The van der Waals surface area contributed by atoms with Crippen LogP contribution < -0.4 is 5.32 Å². The molecule has 2 aromatic rings. The number of aliphatic hydroxyl groups is 1. The Morgan fingerprint density at radius 2 is 2.11 bits per heavy atom. The van der Waals surface area contributed by atoms with E-state index in [9.17, 15) is 0 Å². The molecule has 0 aliphatic rings. The first-order valence-corrected chi connectivity index (χ1v) is 7.43. The fourth-order valence-electron chi connectivity index (χ4n) is 1.88. The average Bonchev–Trinajstić information content (AvgIpc) is 2.89. The lowest BCUT2D eigenvalue weighted by atomic mass is 10.1. The highest BCUT2D eigenvalue weighted by Crippen LogP contribution is 2.25. The minimum atomic E-state index is 0.262. The first kappa shape index (κ1) is 14.2. The van der Waals surface area contributed by atoms with Gasteiger partial charge in [-0.05, 0) is 24.4 Å². The summed E-state index contributed by atoms with van der Waals surface area (Å²) in [7, 11) is 0. The van der Waals surface area contributed by atoms with Crippen molar-refractivity contribution in [1.82, 2.24) is 10.3 Å². The Hall–Kier alpha value is -1.23. The van der Waals surface area contributed by atoms with Crippen molar-refractivity contribution in [3.63, 3.8) is 0 Å². The lowest BCUT2D eigenvalue weighted by Gasteiger charge is -2.09. The fraction of sp³-hybridized carbons (Fsp3) is 0.400. The predicted molar refractivity (Wildman–Crippen MR) is 80.1 cm³/mol. The van der Waals surface area contributed by atoms with E-state index in [1.807, 2.05) is 24.4 Å². The molecule has 1 unspecified atom stereocenters. The number of nitrogens with zero attached hydrogens (tertiary/aromatic N) is 1. The molecular weight excluding hydrogens is 256 g/mol. The highest BCUT2D eigenvalue weighted by atomic mass is 32.1. The third kappa shape index (κ3) is 4.42. The Morgan fingerprint density at radius 3 is 2.84 bits per heavy atom. The summed E-state index contributed by atoms with van der Waals surface area (Å²) in [6.07, 6.45) is 2.79. The maximum Gasteiger partial charge on any atom is 0.107 e. The SMILES string of the molecule is CC(CCO)CNCc1ncc(-c2ccccc2)s1. The number of benzene rings is 1. The topological polar surface area (TPSA) is 45.1 Å². The smallest absolute Gasteiger partial charge is 0.107 e. The van der Waals surface area contributed by atoms with Crippen LogP contribution in [0.25, 0.3) is 10.4 Å². The van der Waals surface area contributed by atoms with E-state index in [0.29, 0.717) is 5.92 Å². The molecule has 19 heavy (non-hydrogen) atoms. The Kier molecular flexibility index (Phi) is 5.51. The Balaban J connectivity index is 1.85. The predicted octanol–water partition coefficient (Wildman–Crippen LogP) is 2.92. The first-order valence-electron chi connectivity index (χ1n) is 6.61. The second-order valence-corrected chi connectivity index (χ2v) is 5.85. The summed E-state index contributed by atoms with van der Waals surface area (Å²) in [6.45, 7) is 4.12. The van der Waals surface area contributed by atoms with E-state index in [1.165, 1.54) is 10.4 Å². The van der Waals surface area contributed by atoms with Crippen molar-refractivity contribution < 1.29 is 5.11 Å². The molecule has 0 amide bonds. The summed E-state index contributed by atoms with van der Waals surface area (Å²) in [6, 6.07) is 10.3. The molecule has 1 aromatic carbocycles. The Labute approximate surface area is 118 Å². The van der Waals surface area contributed by atoms with Gasteiger partial charge >= 0.3 is 0 Å². The van der Waals surface area contributed by atoms with Crippen LogP contribution in [0.4, 0.5) is 0 Å². The van der Waals surface area contributed by atoms with Crippen LogP contribution in [0, 0.1) is 5.92 Å². The number of rotatable bonds is 7. The van der Waals surface area contributed by atoms with Crippen molar-refractivity contribution in [3.05, 3.63) is 41.5 Å². The van der Waals surface area contributed by atoms with E-state index in [2.05, 4.69) is 29.4 Å². The normalized spacial score (nSPS) is 12.5. The molecule has 0 bridgehead atoms. The van der Waals surface area contributed by atoms with E-state index < -0.39 is 0 Å². The Morgan fingerprint density at radius 1 is 1.32 bits per heavy atom. The average molecular weight is 276 g/mol. The molecular formula is C15H20N2OS. The summed E-state index contributed by atoms with van der Waals surface area (Å²) in [4.78, 5) is 5.65. The standard InChI is InChI=1S/C15H20N2OS/c1-12(7-8-18)9-16-11-15-17-10-14(19-15)13-5-3-2-4-6-13/h2-6,10,12,16,18H,7-9,11H2,1H3. The molecule has 1 aromatic heterocycles. The van der Waals surface area contributed by atoms with E-state index in [4.69, 9.17) is 5.11 Å². The molecule has 1 atom stereocenters. The van der Waals surface area contributed by atoms with Gasteiger partial charge in [0.05, 0.1) is 4.88 Å². The summed E-state index contributed by atoms with van der Waals surface area (Å²) in [5.41, 5.74) is 1.22. The molecule has 1 heterocycles. The van der Waals surface area contributed by atoms with Gasteiger partial charge in [-0.2, -0.15) is 0 Å². The zero-order chi connectivity index (χ0) is 13.5. The largest absolute Gasteiger partial charge is 0.396 e. The van der Waals surface area contributed by atoms with Crippen LogP contribution >= 0.6 is 11.3 Å². The molecule has 0 aliphatic carbocycles. The van der Waals surface area contributed by atoms with E-state index >= 15 is 0 Å². The highest BCUT2D eigenvalue weighted by molar-refractivity contribution is 7.15. The molecule has 0 radical (unpaired) electrons. The van der Waals surface area contributed by atoms with E-state index in [0.717, 1.165) is 24.5 Å². The van der Waals surface area contributed by atoms with Gasteiger partial charge in [-0.15, -0.1) is 11.3 Å². The number of aromatic nitrogens is 1. The quantitative estimate of drug-likeness (QED) is 0.817. The van der Waals surface area contributed by atoms with Crippen molar-refractivity contribution >= 4 is 11.3 Å². The molecule has 2 rings (SSSR count). The summed E-state index contributed by atoms with van der Waals surface area (Å²) in [5, 5.41) is 13.3. The van der Waals surface area contributed by atoms with Gasteiger partial charge in [-0.3, -0.25) is 0 Å². The van der Waals surface area contributed by atoms with Gasteiger partial charge in [0.2, 0.25) is 0 Å². The molecule has 4 heteroatoms. The molecule has 0 saturated heterocycles. The molecule has 3 nitrogen and oxygen atoms in total. The van der Waals surface area contributed by atoms with Gasteiger partial charge in [0.25, 0.3) is 0 Å². The number of thiazole rings is 1. The first-order chi connectivity index (χ1) is 9.29. The van der Waals surface area contributed by atoms with Gasteiger partial charge in [0, 0.05) is 19.3 Å². The lowest BCUT2D eigenvalue weighted by molar-refractivity contribution is 0.260. The molecule has 0 saturated carbocycles. The minimum Gasteiger partial charge on any atom is -0.396 e. The van der Waals surface area contributed by atoms with Gasteiger partial charge in [-0.25, -0.2) is 4.98 Å². The molecule has 0 fully saturated rings. The zero-order valence-corrected chi connectivity index (χ0v) is 12.0. The van der Waals surface area contributed by atoms with Crippen molar-refractivity contribution in [3.8, 4) is 10.4 Å². The minimum absolute atomic E-state index is 0.262. The maximum atomic E-state index is 8.84. The summed E-state index contributed by atoms with van der Waals surface area (Å²) < 4.78 is 0. The van der Waals surface area contributed by atoms with Crippen molar-refractivity contribution in [1.29, 1.82) is 0 Å². The van der Waals surface area contributed by atoms with Crippen LogP contribution in [-0.2, 0) is 6.54 Å². The molecule has 102 valence electrons. The second-order valence-electron chi connectivity index (χ2n) is 4.73. The number of hydrogen-bond donors (Lipinski definition) is 2. The van der Waals surface area contributed by atoms with E-state index in [1.54, 1.807) is 11.3 Å². The maximum absolute atomic E-state index is 8.84. The molecule has 0 spiro atoms. The third-order valence-corrected chi connectivity index (χ3v) is 4.05. The van der Waals surface area contributed by atoms with Crippen molar-refractivity contribution in [2.24, 2.45) is 5.92 Å². The molecule has 0 aliphatic heterocycles. The van der Waals surface area contributed by atoms with Crippen LogP contribution in [0.5, 0.6) is 0 Å². The van der Waals surface area contributed by atoms with Gasteiger partial charge < -0.3 is 10.4 Å². The van der Waals surface area contributed by atoms with Crippen LogP contribution in [0.15, 0.2) is 36.5 Å². The van der Waals surface area contributed by atoms with E-state index in [-0.39, 0.29) is 6.61 Å². The lowest BCUT2D eigenvalue weighted by Crippen LogP contribution is -2.21. The van der Waals surface area contributed by atoms with Crippen LogP contribution in [0.2, 0.25) is 0 Å². The zero-order valence-electron chi connectivity index (χ0n) is 11.2. The van der Waals surface area contributed by atoms with Gasteiger partial charge in [0.1, 0.15) is 5.01 Å². The fourth-order valence-corrected chi connectivity index (χ4v) is 2.77.